The van der Waals surface area contributed by atoms with Crippen molar-refractivity contribution in [3.05, 3.63) is 89.5 Å². The number of fused-ring (bicyclic) bond motifs is 1. The minimum Gasteiger partial charge on any atom is -0.366 e. The Hall–Kier alpha value is -3.67. The predicted molar refractivity (Wildman–Crippen MR) is 115 cm³/mol. The molecule has 0 aliphatic rings. The lowest BCUT2D eigenvalue weighted by Gasteiger charge is -2.09. The Balaban J connectivity index is 1.34. The van der Waals surface area contributed by atoms with Gasteiger partial charge < -0.3 is 15.6 Å². The highest BCUT2D eigenvalue weighted by Gasteiger charge is 2.09. The van der Waals surface area contributed by atoms with Gasteiger partial charge in [-0.3, -0.25) is 4.79 Å². The Labute approximate surface area is 169 Å². The number of aromatic nitrogens is 3. The number of nitrogens with one attached hydrogen (secondary N) is 3. The van der Waals surface area contributed by atoms with E-state index in [2.05, 4.69) is 50.7 Å². The minimum absolute atomic E-state index is 0.203. The number of aryl methyl sites for hydroxylation is 1. The summed E-state index contributed by atoms with van der Waals surface area (Å²) in [5.74, 6) is 0.427. The van der Waals surface area contributed by atoms with Gasteiger partial charge in [0.25, 0.3) is 5.91 Å². The Morgan fingerprint density at radius 1 is 1.03 bits per heavy atom. The third-order valence-corrected chi connectivity index (χ3v) is 4.98. The van der Waals surface area contributed by atoms with Crippen molar-refractivity contribution in [1.29, 1.82) is 0 Å². The molecule has 0 unspecified atom stereocenters. The van der Waals surface area contributed by atoms with E-state index in [9.17, 15) is 4.79 Å². The van der Waals surface area contributed by atoms with E-state index < -0.39 is 0 Å². The lowest BCUT2D eigenvalue weighted by molar-refractivity contribution is 0.0949. The van der Waals surface area contributed by atoms with Crippen LogP contribution in [0.25, 0.3) is 10.9 Å². The van der Waals surface area contributed by atoms with Crippen molar-refractivity contribution in [3.8, 4) is 0 Å². The number of benzene rings is 2. The molecule has 0 aliphatic carbocycles. The zero-order valence-corrected chi connectivity index (χ0v) is 16.3. The van der Waals surface area contributed by atoms with Gasteiger partial charge in [0.15, 0.2) is 0 Å². The molecule has 4 aromatic rings. The van der Waals surface area contributed by atoms with Gasteiger partial charge in [-0.1, -0.05) is 42.5 Å². The predicted octanol–water partition coefficient (Wildman–Crippen LogP) is 3.85. The van der Waals surface area contributed by atoms with Crippen molar-refractivity contribution in [1.82, 2.24) is 20.3 Å². The maximum Gasteiger partial charge on any atom is 0.270 e. The maximum atomic E-state index is 12.5. The number of amides is 1. The molecule has 146 valence electrons. The van der Waals surface area contributed by atoms with Gasteiger partial charge >= 0.3 is 0 Å². The highest BCUT2D eigenvalue weighted by molar-refractivity contribution is 5.92. The summed E-state index contributed by atoms with van der Waals surface area (Å²) in [7, 11) is 0. The summed E-state index contributed by atoms with van der Waals surface area (Å²) in [5.41, 5.74) is 5.05. The van der Waals surface area contributed by atoms with Crippen molar-refractivity contribution in [2.45, 2.75) is 19.9 Å². The first-order valence-electron chi connectivity index (χ1n) is 9.64. The van der Waals surface area contributed by atoms with Crippen LogP contribution in [0, 0.1) is 6.92 Å². The van der Waals surface area contributed by atoms with E-state index in [0.29, 0.717) is 24.6 Å². The fourth-order valence-corrected chi connectivity index (χ4v) is 3.31. The number of hydrogen-bond donors (Lipinski definition) is 3. The molecule has 0 saturated carbocycles. The van der Waals surface area contributed by atoms with Crippen molar-refractivity contribution in [3.63, 3.8) is 0 Å². The van der Waals surface area contributed by atoms with E-state index in [1.54, 1.807) is 6.07 Å². The second kappa shape index (κ2) is 8.56. The third-order valence-electron chi connectivity index (χ3n) is 4.98. The second-order valence-corrected chi connectivity index (χ2v) is 6.93. The second-order valence-electron chi connectivity index (χ2n) is 6.93. The zero-order valence-electron chi connectivity index (χ0n) is 16.3. The number of H-pyrrole nitrogens is 1. The summed E-state index contributed by atoms with van der Waals surface area (Å²) >= 11 is 0. The molecular weight excluding hydrogens is 362 g/mol. The summed E-state index contributed by atoms with van der Waals surface area (Å²) in [6.07, 6.45) is 4.16. The molecule has 0 fully saturated rings. The number of hydrogen-bond acceptors (Lipinski definition) is 4. The Bertz CT molecular complexity index is 1130. The number of anilines is 1. The Morgan fingerprint density at radius 2 is 1.86 bits per heavy atom. The average Bonchev–Trinajstić information content (AvgIpc) is 3.16. The smallest absolute Gasteiger partial charge is 0.270 e. The first-order valence-corrected chi connectivity index (χ1v) is 9.64. The molecule has 0 aliphatic heterocycles. The summed E-state index contributed by atoms with van der Waals surface area (Å²) in [5, 5.41) is 7.39. The Morgan fingerprint density at radius 3 is 2.76 bits per heavy atom. The molecule has 6 heteroatoms. The van der Waals surface area contributed by atoms with Crippen LogP contribution in [0.15, 0.2) is 67.1 Å². The molecule has 4 rings (SSSR count). The minimum atomic E-state index is -0.203. The summed E-state index contributed by atoms with van der Waals surface area (Å²) in [6, 6.07) is 18.0. The van der Waals surface area contributed by atoms with Crippen LogP contribution >= 0.6 is 0 Å². The zero-order chi connectivity index (χ0) is 20.1. The van der Waals surface area contributed by atoms with Gasteiger partial charge in [0.05, 0.1) is 0 Å². The summed E-state index contributed by atoms with van der Waals surface area (Å²) in [6.45, 7) is 3.26. The number of rotatable bonds is 7. The lowest BCUT2D eigenvalue weighted by Crippen LogP contribution is -2.26. The largest absolute Gasteiger partial charge is 0.366 e. The van der Waals surface area contributed by atoms with Crippen molar-refractivity contribution < 1.29 is 4.79 Å². The van der Waals surface area contributed by atoms with Crippen LogP contribution in [-0.4, -0.2) is 27.4 Å². The molecule has 6 nitrogen and oxygen atoms in total. The van der Waals surface area contributed by atoms with Crippen LogP contribution in [-0.2, 0) is 13.0 Å². The van der Waals surface area contributed by atoms with E-state index >= 15 is 0 Å². The normalized spacial score (nSPS) is 10.8. The van der Waals surface area contributed by atoms with Gasteiger partial charge in [0.2, 0.25) is 0 Å². The van der Waals surface area contributed by atoms with Crippen molar-refractivity contribution in [2.75, 3.05) is 11.9 Å². The van der Waals surface area contributed by atoms with Crippen LogP contribution in [0.5, 0.6) is 0 Å². The number of carbonyl (C=O) groups excluding carboxylic acids is 1. The molecule has 0 saturated heterocycles. The van der Waals surface area contributed by atoms with Crippen molar-refractivity contribution >= 4 is 22.6 Å². The van der Waals surface area contributed by atoms with E-state index in [-0.39, 0.29) is 5.91 Å². The quantitative estimate of drug-likeness (QED) is 0.451. The van der Waals surface area contributed by atoms with Crippen LogP contribution in [0.1, 0.15) is 27.2 Å². The molecule has 0 radical (unpaired) electrons. The summed E-state index contributed by atoms with van der Waals surface area (Å²) in [4.78, 5) is 24.1. The topological polar surface area (TPSA) is 82.7 Å². The van der Waals surface area contributed by atoms with E-state index in [4.69, 9.17) is 0 Å². The van der Waals surface area contributed by atoms with Gasteiger partial charge in [0, 0.05) is 36.3 Å². The molecule has 0 atom stereocenters. The number of aromatic amines is 1. The van der Waals surface area contributed by atoms with Crippen LogP contribution < -0.4 is 10.6 Å². The first-order chi connectivity index (χ1) is 14.2. The maximum absolute atomic E-state index is 12.5. The van der Waals surface area contributed by atoms with Gasteiger partial charge in [-0.2, -0.15) is 0 Å². The molecule has 0 spiro atoms. The molecule has 1 amide bonds. The van der Waals surface area contributed by atoms with Crippen LogP contribution in [0.4, 0.5) is 5.82 Å². The van der Waals surface area contributed by atoms with Gasteiger partial charge in [-0.05, 0) is 36.1 Å². The molecule has 3 N–H and O–H groups in total. The van der Waals surface area contributed by atoms with E-state index in [1.165, 1.54) is 28.4 Å². The van der Waals surface area contributed by atoms with Gasteiger partial charge in [-0.25, -0.2) is 9.97 Å². The third kappa shape index (κ3) is 4.43. The lowest BCUT2D eigenvalue weighted by atomic mass is 10.1. The van der Waals surface area contributed by atoms with Crippen LogP contribution in [0.3, 0.4) is 0 Å². The molecule has 2 heterocycles. The standard InChI is InChI=1S/C23H23N5O/c1-16-6-2-3-7-17(16)13-26-22-12-21(27-15-28-22)23(29)24-11-10-18-14-25-20-9-5-4-8-19(18)20/h2-9,12,14-15,25H,10-11,13H2,1H3,(H,24,29)(H,26,27,28). The highest BCUT2D eigenvalue weighted by atomic mass is 16.1. The number of para-hydroxylation sites is 1. The van der Waals surface area contributed by atoms with E-state index in [1.807, 2.05) is 36.5 Å². The highest BCUT2D eigenvalue weighted by Crippen LogP contribution is 2.17. The van der Waals surface area contributed by atoms with Crippen molar-refractivity contribution in [2.24, 2.45) is 0 Å². The molecule has 2 aromatic carbocycles. The molecule has 0 bridgehead atoms. The first kappa shape index (κ1) is 18.7. The Kier molecular flexibility index (Phi) is 5.52. The van der Waals surface area contributed by atoms with E-state index in [0.717, 1.165) is 11.9 Å². The van der Waals surface area contributed by atoms with Crippen LogP contribution in [0.2, 0.25) is 0 Å². The van der Waals surface area contributed by atoms with Gasteiger partial charge in [0.1, 0.15) is 17.8 Å². The summed E-state index contributed by atoms with van der Waals surface area (Å²) < 4.78 is 0. The monoisotopic (exact) mass is 385 g/mol. The molecule has 2 aromatic heterocycles. The fourth-order valence-electron chi connectivity index (χ4n) is 3.31. The van der Waals surface area contributed by atoms with Gasteiger partial charge in [-0.15, -0.1) is 0 Å². The fraction of sp³-hybridized carbons (Fsp3) is 0.174. The SMILES string of the molecule is Cc1ccccc1CNc1cc(C(=O)NCCc2c[nH]c3ccccc23)ncn1. The average molecular weight is 385 g/mol. The molecule has 29 heavy (non-hydrogen) atoms. The number of nitrogens with zero attached hydrogens (tertiary/aromatic N) is 2. The molecular formula is C23H23N5O. The number of carbonyl (C=O) groups is 1.